The molecule has 1 aliphatic carbocycles. The first-order valence-corrected chi connectivity index (χ1v) is 9.12. The molecule has 138 valence electrons. The molecular weight excluding hydrogens is 308 g/mol. The molecule has 0 heterocycles. The maximum absolute atomic E-state index is 12.5. The summed E-state index contributed by atoms with van der Waals surface area (Å²) in [5, 5.41) is 5.47. The van der Waals surface area contributed by atoms with Gasteiger partial charge in [0.05, 0.1) is 6.61 Å². The molecule has 0 spiro atoms. The zero-order chi connectivity index (χ0) is 18.1. The molecule has 1 saturated carbocycles. The molecular formula is C18H32N2O4. The van der Waals surface area contributed by atoms with E-state index in [-0.39, 0.29) is 36.8 Å². The first-order chi connectivity index (χ1) is 11.4. The molecule has 0 aromatic carbocycles. The van der Waals surface area contributed by atoms with Crippen LogP contribution >= 0.6 is 0 Å². The minimum atomic E-state index is -0.615. The SMILES string of the molecule is CCOC(=O)CNC(=O)[C@@H](NC(=O)C1CCC(C)CC1)[C@@H](C)CC. The highest BCUT2D eigenvalue weighted by Gasteiger charge is 2.30. The standard InChI is InChI=1S/C18H32N2O4/c1-5-13(4)16(18(23)19-11-15(21)24-6-2)20-17(22)14-9-7-12(3)8-10-14/h12-14,16H,5-11H2,1-4H3,(H,19,23)(H,20,22)/t12?,13-,14?,16-/m0/s1. The van der Waals surface area contributed by atoms with E-state index in [9.17, 15) is 14.4 Å². The molecule has 0 aromatic rings. The zero-order valence-electron chi connectivity index (χ0n) is 15.4. The molecule has 0 aliphatic heterocycles. The van der Waals surface area contributed by atoms with Gasteiger partial charge in [0.1, 0.15) is 12.6 Å². The molecule has 2 amide bonds. The van der Waals surface area contributed by atoms with E-state index in [2.05, 4.69) is 17.6 Å². The predicted octanol–water partition coefficient (Wildman–Crippen LogP) is 2.02. The van der Waals surface area contributed by atoms with Gasteiger partial charge in [-0.15, -0.1) is 0 Å². The van der Waals surface area contributed by atoms with Gasteiger partial charge in [-0.25, -0.2) is 0 Å². The molecule has 1 fully saturated rings. The smallest absolute Gasteiger partial charge is 0.325 e. The van der Waals surface area contributed by atoms with Crippen LogP contribution in [0.1, 0.15) is 59.8 Å². The van der Waals surface area contributed by atoms with E-state index >= 15 is 0 Å². The van der Waals surface area contributed by atoms with Gasteiger partial charge in [0, 0.05) is 5.92 Å². The Hall–Kier alpha value is -1.59. The van der Waals surface area contributed by atoms with Crippen molar-refractivity contribution in [2.45, 2.75) is 65.8 Å². The first kappa shape index (κ1) is 20.5. The van der Waals surface area contributed by atoms with Crippen molar-refractivity contribution < 1.29 is 19.1 Å². The summed E-state index contributed by atoms with van der Waals surface area (Å²) in [7, 11) is 0. The van der Waals surface area contributed by atoms with Crippen molar-refractivity contribution in [2.24, 2.45) is 17.8 Å². The summed E-state index contributed by atoms with van der Waals surface area (Å²) in [4.78, 5) is 36.3. The van der Waals surface area contributed by atoms with Crippen molar-refractivity contribution in [1.29, 1.82) is 0 Å². The van der Waals surface area contributed by atoms with Crippen LogP contribution in [0.5, 0.6) is 0 Å². The van der Waals surface area contributed by atoms with Crippen LogP contribution in [0, 0.1) is 17.8 Å². The van der Waals surface area contributed by atoms with E-state index < -0.39 is 12.0 Å². The van der Waals surface area contributed by atoms with Crippen LogP contribution in [0.3, 0.4) is 0 Å². The van der Waals surface area contributed by atoms with Crippen LogP contribution in [0.25, 0.3) is 0 Å². The van der Waals surface area contributed by atoms with Gasteiger partial charge in [0.25, 0.3) is 0 Å². The van der Waals surface area contributed by atoms with E-state index in [4.69, 9.17) is 4.74 Å². The lowest BCUT2D eigenvalue weighted by molar-refractivity contribution is -0.143. The average Bonchev–Trinajstić information content (AvgIpc) is 2.57. The molecule has 6 heteroatoms. The monoisotopic (exact) mass is 340 g/mol. The molecule has 24 heavy (non-hydrogen) atoms. The summed E-state index contributed by atoms with van der Waals surface area (Å²) in [5.41, 5.74) is 0. The molecule has 0 saturated heterocycles. The number of hydrogen-bond donors (Lipinski definition) is 2. The van der Waals surface area contributed by atoms with Crippen molar-refractivity contribution >= 4 is 17.8 Å². The lowest BCUT2D eigenvalue weighted by Gasteiger charge is -2.29. The van der Waals surface area contributed by atoms with Gasteiger partial charge in [-0.3, -0.25) is 14.4 Å². The normalized spacial score (nSPS) is 23.0. The van der Waals surface area contributed by atoms with Crippen LogP contribution in [0.2, 0.25) is 0 Å². The zero-order valence-corrected chi connectivity index (χ0v) is 15.4. The van der Waals surface area contributed by atoms with Gasteiger partial charge in [-0.2, -0.15) is 0 Å². The third-order valence-corrected chi connectivity index (χ3v) is 4.89. The quantitative estimate of drug-likeness (QED) is 0.662. The summed E-state index contributed by atoms with van der Waals surface area (Å²) in [6.45, 7) is 7.94. The molecule has 1 rings (SSSR count). The van der Waals surface area contributed by atoms with Gasteiger partial charge >= 0.3 is 5.97 Å². The molecule has 0 radical (unpaired) electrons. The molecule has 2 atom stereocenters. The number of esters is 1. The second-order valence-corrected chi connectivity index (χ2v) is 6.85. The largest absolute Gasteiger partial charge is 0.465 e. The Morgan fingerprint density at radius 2 is 1.75 bits per heavy atom. The van der Waals surface area contributed by atoms with Gasteiger partial charge in [0.15, 0.2) is 0 Å². The third-order valence-electron chi connectivity index (χ3n) is 4.89. The highest BCUT2D eigenvalue weighted by Crippen LogP contribution is 2.28. The van der Waals surface area contributed by atoms with Crippen molar-refractivity contribution in [3.8, 4) is 0 Å². The number of ether oxygens (including phenoxy) is 1. The number of carbonyl (C=O) groups is 3. The van der Waals surface area contributed by atoms with Crippen LogP contribution in [0.4, 0.5) is 0 Å². The summed E-state index contributed by atoms with van der Waals surface area (Å²) < 4.78 is 4.80. The number of nitrogens with one attached hydrogen (secondary N) is 2. The molecule has 6 nitrogen and oxygen atoms in total. The Kier molecular flexibility index (Phi) is 8.79. The topological polar surface area (TPSA) is 84.5 Å². The number of amides is 2. The molecule has 0 aromatic heterocycles. The second-order valence-electron chi connectivity index (χ2n) is 6.85. The maximum Gasteiger partial charge on any atom is 0.325 e. The Balaban J connectivity index is 2.59. The van der Waals surface area contributed by atoms with E-state index in [0.717, 1.165) is 32.1 Å². The fraction of sp³-hybridized carbons (Fsp3) is 0.833. The predicted molar refractivity (Wildman–Crippen MR) is 92.2 cm³/mol. The molecule has 2 N–H and O–H groups in total. The summed E-state index contributed by atoms with van der Waals surface area (Å²) >= 11 is 0. The number of rotatable bonds is 8. The van der Waals surface area contributed by atoms with Crippen molar-refractivity contribution in [2.75, 3.05) is 13.2 Å². The Labute approximate surface area is 145 Å². The molecule has 1 aliphatic rings. The van der Waals surface area contributed by atoms with Crippen LogP contribution in [-0.2, 0) is 19.1 Å². The van der Waals surface area contributed by atoms with Gasteiger partial charge in [0.2, 0.25) is 11.8 Å². The Bertz CT molecular complexity index is 431. The Morgan fingerprint density at radius 1 is 1.12 bits per heavy atom. The Morgan fingerprint density at radius 3 is 2.29 bits per heavy atom. The van der Waals surface area contributed by atoms with Crippen molar-refractivity contribution in [1.82, 2.24) is 10.6 Å². The van der Waals surface area contributed by atoms with Crippen LogP contribution < -0.4 is 10.6 Å². The maximum atomic E-state index is 12.5. The minimum Gasteiger partial charge on any atom is -0.465 e. The fourth-order valence-electron chi connectivity index (χ4n) is 2.98. The lowest BCUT2D eigenvalue weighted by atomic mass is 9.82. The second kappa shape index (κ2) is 10.3. The van der Waals surface area contributed by atoms with Gasteiger partial charge in [-0.05, 0) is 44.4 Å². The van der Waals surface area contributed by atoms with E-state index in [1.807, 2.05) is 13.8 Å². The summed E-state index contributed by atoms with van der Waals surface area (Å²) in [5.74, 6) is -0.175. The van der Waals surface area contributed by atoms with E-state index in [1.165, 1.54) is 0 Å². The number of carbonyl (C=O) groups excluding carboxylic acids is 3. The molecule has 0 bridgehead atoms. The number of hydrogen-bond acceptors (Lipinski definition) is 4. The minimum absolute atomic E-state index is 0.00124. The van der Waals surface area contributed by atoms with Crippen LogP contribution in [-0.4, -0.2) is 37.0 Å². The third kappa shape index (κ3) is 6.49. The summed E-state index contributed by atoms with van der Waals surface area (Å²) in [6, 6.07) is -0.615. The van der Waals surface area contributed by atoms with Crippen molar-refractivity contribution in [3.63, 3.8) is 0 Å². The van der Waals surface area contributed by atoms with Gasteiger partial charge in [-0.1, -0.05) is 27.2 Å². The fourth-order valence-corrected chi connectivity index (χ4v) is 2.98. The van der Waals surface area contributed by atoms with E-state index in [1.54, 1.807) is 6.92 Å². The lowest BCUT2D eigenvalue weighted by Crippen LogP contribution is -2.52. The van der Waals surface area contributed by atoms with Crippen LogP contribution in [0.15, 0.2) is 0 Å². The summed E-state index contributed by atoms with van der Waals surface area (Å²) in [6.07, 6.45) is 4.64. The van der Waals surface area contributed by atoms with Gasteiger partial charge < -0.3 is 15.4 Å². The molecule has 0 unspecified atom stereocenters. The average molecular weight is 340 g/mol. The first-order valence-electron chi connectivity index (χ1n) is 9.12. The van der Waals surface area contributed by atoms with E-state index in [0.29, 0.717) is 5.92 Å². The van der Waals surface area contributed by atoms with Crippen molar-refractivity contribution in [3.05, 3.63) is 0 Å². The highest BCUT2D eigenvalue weighted by molar-refractivity contribution is 5.90. The highest BCUT2D eigenvalue weighted by atomic mass is 16.5.